The van der Waals surface area contributed by atoms with Crippen molar-refractivity contribution in [1.29, 1.82) is 0 Å². The summed E-state index contributed by atoms with van der Waals surface area (Å²) in [5, 5.41) is 27.3. The zero-order chi connectivity index (χ0) is 43.5. The fourth-order valence-corrected chi connectivity index (χ4v) is 6.68. The second-order valence-corrected chi connectivity index (χ2v) is 15.8. The number of aliphatic carboxylic acids is 3. The van der Waals surface area contributed by atoms with E-state index in [1.54, 1.807) is 0 Å². The number of nitrogens with zero attached hydrogens (tertiary/aromatic N) is 1. The first-order valence-electron chi connectivity index (χ1n) is 23.3. The maximum absolute atomic E-state index is 13.1. The Labute approximate surface area is 383 Å². The van der Waals surface area contributed by atoms with Crippen molar-refractivity contribution in [1.82, 2.24) is 4.90 Å². The van der Waals surface area contributed by atoms with Gasteiger partial charge in [-0.3, -0.25) is 24.1 Å². The van der Waals surface area contributed by atoms with Gasteiger partial charge in [-0.15, -0.1) is 0 Å². The van der Waals surface area contributed by atoms with E-state index in [1.165, 1.54) is 77.0 Å². The first kappa shape index (κ1) is 61.3. The van der Waals surface area contributed by atoms with Gasteiger partial charge in [0, 0.05) is 19.3 Å². The van der Waals surface area contributed by atoms with Crippen molar-refractivity contribution >= 4 is 29.7 Å². The van der Waals surface area contributed by atoms with Crippen molar-refractivity contribution in [2.75, 3.05) is 6.54 Å². The van der Waals surface area contributed by atoms with E-state index in [2.05, 4.69) is 38.2 Å². The molecular weight excluding hydrogens is 758 g/mol. The first-order chi connectivity index (χ1) is 28.0. The number of carboxylic acid groups (broad SMARTS) is 3. The summed E-state index contributed by atoms with van der Waals surface area (Å²) in [4.78, 5) is 60.5. The molecule has 0 unspecified atom stereocenters. The molecule has 0 radical (unpaired) electrons. The van der Waals surface area contributed by atoms with Gasteiger partial charge in [-0.2, -0.15) is 0 Å². The molecule has 0 aliphatic rings. The molecule has 0 saturated heterocycles. The van der Waals surface area contributed by atoms with Crippen LogP contribution in [0.3, 0.4) is 0 Å². The summed E-state index contributed by atoms with van der Waals surface area (Å²) in [5.41, 5.74) is 10.4. The smallest absolute Gasteiger partial charge is 1.00 e. The maximum atomic E-state index is 13.1. The molecule has 0 aliphatic heterocycles. The van der Waals surface area contributed by atoms with Crippen LogP contribution in [0.2, 0.25) is 0 Å². The van der Waals surface area contributed by atoms with E-state index in [4.69, 9.17) is 21.7 Å². The van der Waals surface area contributed by atoms with Gasteiger partial charge in [-0.05, 0) is 90.0 Å². The van der Waals surface area contributed by atoms with E-state index in [9.17, 15) is 29.1 Å². The van der Waals surface area contributed by atoms with E-state index in [1.807, 2.05) is 0 Å². The van der Waals surface area contributed by atoms with Crippen LogP contribution >= 0.6 is 0 Å². The number of carboxylic acids is 3. The fourth-order valence-electron chi connectivity index (χ4n) is 6.68. The summed E-state index contributed by atoms with van der Waals surface area (Å²) in [7, 11) is 0. The molecule has 2 amide bonds. The van der Waals surface area contributed by atoms with Crippen molar-refractivity contribution in [2.45, 2.75) is 238 Å². The Kier molecular flexibility index (Phi) is 48.8. The summed E-state index contributed by atoms with van der Waals surface area (Å²) < 4.78 is 0. The second kappa shape index (κ2) is 47.0. The molecule has 0 bridgehead atoms. The normalized spacial score (nSPS) is 12.1. The SMILES string of the molecule is CCCCCCCC/C=C\CCCCCCCC(=O)N(C(=O)CCCCCCC/C=C\CCCCCCCC)[C@@H](CCC(=O)O)C(=O)O.NCCCC[C@H](N)C(=O)O.[H-].[Na+]. The van der Waals surface area contributed by atoms with Crippen LogP contribution < -0.4 is 41.0 Å². The van der Waals surface area contributed by atoms with E-state index < -0.39 is 48.2 Å². The van der Waals surface area contributed by atoms with E-state index in [0.29, 0.717) is 25.8 Å². The zero-order valence-electron chi connectivity index (χ0n) is 39.0. The summed E-state index contributed by atoms with van der Waals surface area (Å²) in [6.07, 6.45) is 40.3. The number of amides is 2. The maximum Gasteiger partial charge on any atom is 1.00 e. The minimum absolute atomic E-state index is 0. The summed E-state index contributed by atoms with van der Waals surface area (Å²) in [6, 6.07) is -2.15. The minimum atomic E-state index is -1.44. The van der Waals surface area contributed by atoms with Crippen LogP contribution in [-0.2, 0) is 24.0 Å². The van der Waals surface area contributed by atoms with Crippen LogP contribution in [0.25, 0.3) is 0 Å². The molecule has 0 saturated carbocycles. The molecule has 0 aromatic heterocycles. The average molecular weight is 846 g/mol. The Morgan fingerprint density at radius 3 is 1.17 bits per heavy atom. The zero-order valence-corrected chi connectivity index (χ0v) is 40.0. The first-order valence-corrected chi connectivity index (χ1v) is 23.3. The largest absolute Gasteiger partial charge is 1.00 e. The topological polar surface area (TPSA) is 201 Å². The van der Waals surface area contributed by atoms with Gasteiger partial charge in [0.15, 0.2) is 0 Å². The van der Waals surface area contributed by atoms with Crippen molar-refractivity contribution in [3.05, 3.63) is 24.3 Å². The Hall–Kier alpha value is -2.05. The number of carbonyl (C=O) groups is 5. The summed E-state index contributed by atoms with van der Waals surface area (Å²) >= 11 is 0. The molecule has 0 aliphatic carbocycles. The van der Waals surface area contributed by atoms with Crippen LogP contribution in [0, 0.1) is 0 Å². The molecule has 0 fully saturated rings. The van der Waals surface area contributed by atoms with Gasteiger partial charge in [0.05, 0.1) is 0 Å². The molecule has 12 heteroatoms. The van der Waals surface area contributed by atoms with E-state index >= 15 is 0 Å². The Balaban J connectivity index is -0.00000115. The van der Waals surface area contributed by atoms with Gasteiger partial charge in [0.2, 0.25) is 11.8 Å². The average Bonchev–Trinajstić information content (AvgIpc) is 3.19. The van der Waals surface area contributed by atoms with Crippen LogP contribution in [0.15, 0.2) is 24.3 Å². The minimum Gasteiger partial charge on any atom is -1.00 e. The van der Waals surface area contributed by atoms with Crippen LogP contribution in [-0.4, -0.2) is 68.6 Å². The summed E-state index contributed by atoms with van der Waals surface area (Å²) in [5.74, 6) is -4.40. The Morgan fingerprint density at radius 1 is 0.492 bits per heavy atom. The fraction of sp³-hybridized carbons (Fsp3) is 0.809. The Bertz CT molecular complexity index is 1040. The van der Waals surface area contributed by atoms with Crippen LogP contribution in [0.4, 0.5) is 0 Å². The van der Waals surface area contributed by atoms with Crippen molar-refractivity contribution in [3.8, 4) is 0 Å². The van der Waals surface area contributed by atoms with Gasteiger partial charge in [0.1, 0.15) is 12.1 Å². The Morgan fingerprint density at radius 2 is 0.847 bits per heavy atom. The molecule has 0 rings (SSSR count). The van der Waals surface area contributed by atoms with Crippen LogP contribution in [0.1, 0.15) is 227 Å². The molecule has 340 valence electrons. The quantitative estimate of drug-likeness (QED) is 0.0227. The van der Waals surface area contributed by atoms with Gasteiger partial charge < -0.3 is 28.2 Å². The number of nitrogens with two attached hydrogens (primary N) is 2. The van der Waals surface area contributed by atoms with Crippen LogP contribution in [0.5, 0.6) is 0 Å². The molecule has 7 N–H and O–H groups in total. The number of imide groups is 1. The van der Waals surface area contributed by atoms with Gasteiger partial charge in [0.25, 0.3) is 0 Å². The number of hydrogen-bond acceptors (Lipinski definition) is 7. The van der Waals surface area contributed by atoms with Crippen molar-refractivity contribution in [3.63, 3.8) is 0 Å². The molecule has 2 atom stereocenters. The molecule has 0 spiro atoms. The third-order valence-corrected chi connectivity index (χ3v) is 10.4. The molecule has 11 nitrogen and oxygen atoms in total. The van der Waals surface area contributed by atoms with Gasteiger partial charge >= 0.3 is 47.5 Å². The number of carbonyl (C=O) groups excluding carboxylic acids is 2. The third-order valence-electron chi connectivity index (χ3n) is 10.4. The van der Waals surface area contributed by atoms with Crippen molar-refractivity contribution in [2.24, 2.45) is 11.5 Å². The molecule has 0 aromatic rings. The molecule has 59 heavy (non-hydrogen) atoms. The second-order valence-electron chi connectivity index (χ2n) is 15.8. The number of unbranched alkanes of at least 4 members (excludes halogenated alkanes) is 23. The number of hydrogen-bond donors (Lipinski definition) is 5. The monoisotopic (exact) mass is 846 g/mol. The number of rotatable bonds is 40. The summed E-state index contributed by atoms with van der Waals surface area (Å²) in [6.45, 7) is 5.08. The predicted octanol–water partition coefficient (Wildman–Crippen LogP) is 8.38. The van der Waals surface area contributed by atoms with Gasteiger partial charge in [-0.25, -0.2) is 4.79 Å². The van der Waals surface area contributed by atoms with E-state index in [-0.39, 0.29) is 50.2 Å². The van der Waals surface area contributed by atoms with Crippen molar-refractivity contribution < 1.29 is 70.3 Å². The van der Waals surface area contributed by atoms with E-state index in [0.717, 1.165) is 94.8 Å². The predicted molar refractivity (Wildman–Crippen MR) is 239 cm³/mol. The molecular formula is C47H88N3NaO8. The van der Waals surface area contributed by atoms with Gasteiger partial charge in [-0.1, -0.05) is 147 Å². The standard InChI is InChI=1S/C41H73NO6.C6H14N2O2.Na.H/c1-3-5-7-9-11-13-15-17-19-21-23-25-27-29-31-33-38(43)42(37(41(47)48)35-36-40(45)46)39(44)34-32-30-28-26-24-22-20-18-16-14-12-10-8-6-4-2;7-4-2-1-3-5(8)6(9)10;;/h17-20,37H,3-16,21-36H2,1-2H3,(H,45,46)(H,47,48);5H,1-4,7-8H2,(H,9,10);;/q;;+1;-1/b19-17-,20-18-;;;/t37-;5-;;/m00../s1. The third kappa shape index (κ3) is 42.4. The number of allylic oxidation sites excluding steroid dienone is 4. The molecule has 0 aromatic carbocycles. The molecule has 0 heterocycles.